The van der Waals surface area contributed by atoms with Gasteiger partial charge in [0.25, 0.3) is 0 Å². The van der Waals surface area contributed by atoms with Crippen LogP contribution >= 0.6 is 0 Å². The van der Waals surface area contributed by atoms with E-state index in [1.807, 2.05) is 0 Å². The average Bonchev–Trinajstić information content (AvgIpc) is 3.04. The maximum Gasteiger partial charge on any atom is 0.0642 e. The van der Waals surface area contributed by atoms with E-state index in [1.54, 1.807) is 0 Å². The lowest BCUT2D eigenvalue weighted by Gasteiger charge is -2.42. The molecule has 0 spiro atoms. The van der Waals surface area contributed by atoms with Crippen molar-refractivity contribution in [1.82, 2.24) is 9.80 Å². The molecular formula is C20H31N3O. The predicted molar refractivity (Wildman–Crippen MR) is 98.7 cm³/mol. The van der Waals surface area contributed by atoms with Crippen molar-refractivity contribution in [2.24, 2.45) is 0 Å². The Hall–Kier alpha value is -1.10. The van der Waals surface area contributed by atoms with E-state index in [2.05, 4.69) is 46.7 Å². The van der Waals surface area contributed by atoms with Gasteiger partial charge in [0.2, 0.25) is 0 Å². The minimum Gasteiger partial charge on any atom is -0.378 e. The number of piperazine rings is 1. The highest BCUT2D eigenvalue weighted by Crippen LogP contribution is 2.27. The van der Waals surface area contributed by atoms with Crippen LogP contribution in [0.25, 0.3) is 0 Å². The molecule has 24 heavy (non-hydrogen) atoms. The minimum absolute atomic E-state index is 0.665. The molecule has 3 aliphatic rings. The molecule has 4 rings (SSSR count). The van der Waals surface area contributed by atoms with Gasteiger partial charge in [-0.1, -0.05) is 6.07 Å². The molecule has 1 aromatic carbocycles. The van der Waals surface area contributed by atoms with Crippen LogP contribution in [0.15, 0.2) is 18.2 Å². The molecule has 0 N–H and O–H groups in total. The molecule has 0 unspecified atom stereocenters. The number of hydrogen-bond acceptors (Lipinski definition) is 4. The van der Waals surface area contributed by atoms with E-state index >= 15 is 0 Å². The summed E-state index contributed by atoms with van der Waals surface area (Å²) in [5, 5.41) is 0. The molecule has 2 atom stereocenters. The third-order valence-corrected chi connectivity index (χ3v) is 6.14. The second-order valence-electron chi connectivity index (χ2n) is 7.78. The number of rotatable bonds is 3. The van der Waals surface area contributed by atoms with E-state index in [0.717, 1.165) is 38.9 Å². The fourth-order valence-corrected chi connectivity index (χ4v) is 4.56. The van der Waals surface area contributed by atoms with Gasteiger partial charge in [-0.15, -0.1) is 0 Å². The summed E-state index contributed by atoms with van der Waals surface area (Å²) in [6.45, 7) is 13.3. The first kappa shape index (κ1) is 16.4. The van der Waals surface area contributed by atoms with Crippen LogP contribution in [-0.2, 0) is 11.3 Å². The smallest absolute Gasteiger partial charge is 0.0642 e. The molecule has 0 radical (unpaired) electrons. The second-order valence-corrected chi connectivity index (χ2v) is 7.78. The van der Waals surface area contributed by atoms with Gasteiger partial charge in [0, 0.05) is 50.5 Å². The molecule has 3 heterocycles. The van der Waals surface area contributed by atoms with Crippen molar-refractivity contribution < 1.29 is 4.74 Å². The van der Waals surface area contributed by atoms with Gasteiger partial charge < -0.3 is 9.64 Å². The van der Waals surface area contributed by atoms with Gasteiger partial charge in [0.05, 0.1) is 13.2 Å². The monoisotopic (exact) mass is 329 g/mol. The Balaban J connectivity index is 1.44. The van der Waals surface area contributed by atoms with Gasteiger partial charge in [-0.3, -0.25) is 9.80 Å². The summed E-state index contributed by atoms with van der Waals surface area (Å²) in [7, 11) is 0. The molecule has 0 saturated carbocycles. The SMILES string of the molecule is Cc1cc(N2CCOCC2)ccc1CN1C[C@@H]2CCCN2C[C@H]1C. The number of nitrogens with zero attached hydrogens (tertiary/aromatic N) is 3. The zero-order chi connectivity index (χ0) is 16.5. The van der Waals surface area contributed by atoms with Crippen LogP contribution < -0.4 is 4.90 Å². The lowest BCUT2D eigenvalue weighted by Crippen LogP contribution is -2.54. The van der Waals surface area contributed by atoms with Crippen molar-refractivity contribution in [2.45, 2.75) is 45.3 Å². The summed E-state index contributed by atoms with van der Waals surface area (Å²) >= 11 is 0. The van der Waals surface area contributed by atoms with Gasteiger partial charge in [0.15, 0.2) is 0 Å². The maximum absolute atomic E-state index is 5.47. The molecule has 3 aliphatic heterocycles. The highest BCUT2D eigenvalue weighted by Gasteiger charge is 2.34. The Labute approximate surface area is 146 Å². The van der Waals surface area contributed by atoms with Crippen LogP contribution in [0.5, 0.6) is 0 Å². The third-order valence-electron chi connectivity index (χ3n) is 6.14. The second kappa shape index (κ2) is 7.03. The summed E-state index contributed by atoms with van der Waals surface area (Å²) in [5.41, 5.74) is 4.28. The zero-order valence-corrected chi connectivity index (χ0v) is 15.2. The summed E-state index contributed by atoms with van der Waals surface area (Å²) in [6.07, 6.45) is 2.77. The maximum atomic E-state index is 5.47. The molecule has 0 amide bonds. The number of aryl methyl sites for hydroxylation is 1. The number of morpholine rings is 1. The lowest BCUT2D eigenvalue weighted by atomic mass is 10.0. The normalized spacial score (nSPS) is 29.0. The highest BCUT2D eigenvalue weighted by molar-refractivity contribution is 5.51. The average molecular weight is 329 g/mol. The summed E-state index contributed by atoms with van der Waals surface area (Å²) in [4.78, 5) is 7.85. The molecule has 132 valence electrons. The number of anilines is 1. The van der Waals surface area contributed by atoms with E-state index in [0.29, 0.717) is 6.04 Å². The van der Waals surface area contributed by atoms with Gasteiger partial charge in [-0.05, 0) is 56.5 Å². The van der Waals surface area contributed by atoms with E-state index in [4.69, 9.17) is 4.74 Å². The van der Waals surface area contributed by atoms with Crippen LogP contribution in [0.2, 0.25) is 0 Å². The van der Waals surface area contributed by atoms with Crippen molar-refractivity contribution in [2.75, 3.05) is 50.8 Å². The third kappa shape index (κ3) is 3.32. The van der Waals surface area contributed by atoms with E-state index < -0.39 is 0 Å². The Morgan fingerprint density at radius 3 is 2.75 bits per heavy atom. The molecule has 3 saturated heterocycles. The van der Waals surface area contributed by atoms with E-state index in [9.17, 15) is 0 Å². The van der Waals surface area contributed by atoms with Crippen molar-refractivity contribution in [1.29, 1.82) is 0 Å². The summed E-state index contributed by atoms with van der Waals surface area (Å²) in [6, 6.07) is 8.50. The fourth-order valence-electron chi connectivity index (χ4n) is 4.56. The fraction of sp³-hybridized carbons (Fsp3) is 0.700. The molecular weight excluding hydrogens is 298 g/mol. The lowest BCUT2D eigenvalue weighted by molar-refractivity contribution is 0.0539. The van der Waals surface area contributed by atoms with Gasteiger partial charge in [-0.2, -0.15) is 0 Å². The number of benzene rings is 1. The zero-order valence-electron chi connectivity index (χ0n) is 15.2. The predicted octanol–water partition coefficient (Wildman–Crippen LogP) is 2.50. The largest absolute Gasteiger partial charge is 0.378 e. The topological polar surface area (TPSA) is 19.0 Å². The summed E-state index contributed by atoms with van der Waals surface area (Å²) in [5.74, 6) is 0. The molecule has 4 heteroatoms. The summed E-state index contributed by atoms with van der Waals surface area (Å²) < 4.78 is 5.47. The molecule has 3 fully saturated rings. The Bertz CT molecular complexity index is 570. The van der Waals surface area contributed by atoms with Crippen molar-refractivity contribution in [3.8, 4) is 0 Å². The van der Waals surface area contributed by atoms with Crippen molar-refractivity contribution >= 4 is 5.69 Å². The molecule has 0 aromatic heterocycles. The molecule has 1 aromatic rings. The number of ether oxygens (including phenoxy) is 1. The Morgan fingerprint density at radius 2 is 1.96 bits per heavy atom. The van der Waals surface area contributed by atoms with Crippen molar-refractivity contribution in [3.63, 3.8) is 0 Å². The number of hydrogen-bond donors (Lipinski definition) is 0. The van der Waals surface area contributed by atoms with Crippen LogP contribution in [0.1, 0.15) is 30.9 Å². The Kier molecular flexibility index (Phi) is 4.79. The van der Waals surface area contributed by atoms with Gasteiger partial charge in [0.1, 0.15) is 0 Å². The quantitative estimate of drug-likeness (QED) is 0.848. The van der Waals surface area contributed by atoms with E-state index in [1.165, 1.54) is 49.3 Å². The standard InChI is InChI=1S/C20H31N3O/c1-16-12-19(21-8-10-24-11-9-21)6-5-18(16)14-23-15-20-4-3-7-22(20)13-17(23)2/h5-6,12,17,20H,3-4,7-11,13-15H2,1-2H3/t17-,20+/m1/s1. The van der Waals surface area contributed by atoms with Gasteiger partial charge >= 0.3 is 0 Å². The van der Waals surface area contributed by atoms with E-state index in [-0.39, 0.29) is 0 Å². The van der Waals surface area contributed by atoms with Crippen LogP contribution in [0, 0.1) is 6.92 Å². The molecule has 4 nitrogen and oxygen atoms in total. The first-order chi connectivity index (χ1) is 11.7. The van der Waals surface area contributed by atoms with Crippen molar-refractivity contribution in [3.05, 3.63) is 29.3 Å². The molecule has 0 bridgehead atoms. The minimum atomic E-state index is 0.665. The van der Waals surface area contributed by atoms with Gasteiger partial charge in [-0.25, -0.2) is 0 Å². The first-order valence-electron chi connectivity index (χ1n) is 9.61. The number of fused-ring (bicyclic) bond motifs is 1. The highest BCUT2D eigenvalue weighted by atomic mass is 16.5. The van der Waals surface area contributed by atoms with Crippen LogP contribution in [-0.4, -0.2) is 67.8 Å². The van der Waals surface area contributed by atoms with Crippen LogP contribution in [0.3, 0.4) is 0 Å². The Morgan fingerprint density at radius 1 is 1.12 bits per heavy atom. The van der Waals surface area contributed by atoms with Crippen LogP contribution in [0.4, 0.5) is 5.69 Å². The molecule has 0 aliphatic carbocycles. The first-order valence-corrected chi connectivity index (χ1v) is 9.61.